The lowest BCUT2D eigenvalue weighted by Crippen LogP contribution is -2.63. The van der Waals surface area contributed by atoms with Crippen LogP contribution < -0.4 is 10.6 Å². The summed E-state index contributed by atoms with van der Waals surface area (Å²) in [6, 6.07) is 3.85. The highest BCUT2D eigenvalue weighted by Crippen LogP contribution is 2.36. The van der Waals surface area contributed by atoms with Crippen LogP contribution in [0, 0.1) is 11.8 Å². The third-order valence-electron chi connectivity index (χ3n) is 7.83. The van der Waals surface area contributed by atoms with E-state index in [9.17, 15) is 22.8 Å². The van der Waals surface area contributed by atoms with Crippen LogP contribution in [0.4, 0.5) is 19.0 Å². The van der Waals surface area contributed by atoms with E-state index < -0.39 is 11.7 Å². The van der Waals surface area contributed by atoms with Gasteiger partial charge in [0.1, 0.15) is 12.1 Å². The van der Waals surface area contributed by atoms with Crippen molar-refractivity contribution < 1.29 is 27.5 Å². The van der Waals surface area contributed by atoms with Crippen LogP contribution in [-0.2, 0) is 20.5 Å². The SMILES string of the molecule is CCOC(=O)CCC(C)C1CCC(N2CC(NC(=O)CNc3ncnc4ccc(C(F)(F)F)cc34)C2)CC1. The van der Waals surface area contributed by atoms with Gasteiger partial charge in [-0.25, -0.2) is 9.97 Å². The first-order valence-corrected chi connectivity index (χ1v) is 13.4. The third-order valence-corrected chi connectivity index (χ3v) is 7.83. The molecule has 1 saturated carbocycles. The fraction of sp³-hybridized carbons (Fsp3) is 0.630. The fourth-order valence-electron chi connectivity index (χ4n) is 5.57. The van der Waals surface area contributed by atoms with Crippen LogP contribution in [0.1, 0.15) is 57.9 Å². The van der Waals surface area contributed by atoms with Crippen LogP contribution in [-0.4, -0.2) is 65.1 Å². The number of likely N-dealkylation sites (tertiary alicyclic amines) is 1. The number of ether oxygens (including phenoxy) is 1. The Balaban J connectivity index is 1.17. The van der Waals surface area contributed by atoms with Crippen LogP contribution in [0.3, 0.4) is 0 Å². The van der Waals surface area contributed by atoms with Crippen LogP contribution in [0.2, 0.25) is 0 Å². The van der Waals surface area contributed by atoms with Gasteiger partial charge in [0, 0.05) is 30.9 Å². The number of benzene rings is 1. The van der Waals surface area contributed by atoms with Gasteiger partial charge in [-0.15, -0.1) is 0 Å². The van der Waals surface area contributed by atoms with Gasteiger partial charge in [-0.05, 0) is 69.1 Å². The maximum atomic E-state index is 13.1. The lowest BCUT2D eigenvalue weighted by molar-refractivity contribution is -0.143. The van der Waals surface area contributed by atoms with E-state index in [0.717, 1.165) is 57.3 Å². The van der Waals surface area contributed by atoms with Gasteiger partial charge in [-0.1, -0.05) is 6.92 Å². The number of carbonyl (C=O) groups is 2. The number of alkyl halides is 3. The first-order valence-electron chi connectivity index (χ1n) is 13.4. The van der Waals surface area contributed by atoms with E-state index in [0.29, 0.717) is 36.4 Å². The highest BCUT2D eigenvalue weighted by atomic mass is 19.4. The summed E-state index contributed by atoms with van der Waals surface area (Å²) in [6.07, 6.45) is 2.68. The van der Waals surface area contributed by atoms with Gasteiger partial charge >= 0.3 is 12.1 Å². The van der Waals surface area contributed by atoms with Crippen LogP contribution in [0.15, 0.2) is 24.5 Å². The van der Waals surface area contributed by atoms with E-state index in [1.165, 1.54) is 12.4 Å². The van der Waals surface area contributed by atoms with Crippen molar-refractivity contribution in [2.75, 3.05) is 31.6 Å². The molecule has 1 aromatic heterocycles. The molecule has 38 heavy (non-hydrogen) atoms. The minimum absolute atomic E-state index is 0.0597. The van der Waals surface area contributed by atoms with Crippen molar-refractivity contribution in [2.24, 2.45) is 11.8 Å². The Morgan fingerprint density at radius 1 is 1.16 bits per heavy atom. The van der Waals surface area contributed by atoms with E-state index in [4.69, 9.17) is 4.74 Å². The molecule has 1 aliphatic heterocycles. The van der Waals surface area contributed by atoms with Crippen molar-refractivity contribution in [1.29, 1.82) is 0 Å². The summed E-state index contributed by atoms with van der Waals surface area (Å²) in [5.74, 6) is 0.988. The number of halogens is 3. The maximum Gasteiger partial charge on any atom is 0.416 e. The smallest absolute Gasteiger partial charge is 0.416 e. The highest BCUT2D eigenvalue weighted by molar-refractivity contribution is 5.91. The second-order valence-corrected chi connectivity index (χ2v) is 10.4. The van der Waals surface area contributed by atoms with Crippen molar-refractivity contribution in [3.05, 3.63) is 30.1 Å². The quantitative estimate of drug-likeness (QED) is 0.436. The topological polar surface area (TPSA) is 96.5 Å². The summed E-state index contributed by atoms with van der Waals surface area (Å²) < 4.78 is 44.4. The molecule has 1 unspecified atom stereocenters. The summed E-state index contributed by atoms with van der Waals surface area (Å²) >= 11 is 0. The summed E-state index contributed by atoms with van der Waals surface area (Å²) in [5, 5.41) is 6.07. The molecule has 1 aromatic carbocycles. The molecule has 1 atom stereocenters. The maximum absolute atomic E-state index is 13.1. The van der Waals surface area contributed by atoms with E-state index in [1.54, 1.807) is 0 Å². The largest absolute Gasteiger partial charge is 0.466 e. The molecular weight excluding hydrogens is 499 g/mol. The standard InChI is InChI=1S/C27H36F3N5O3/c1-3-38-25(37)11-4-17(2)18-5-8-21(9-6-18)35-14-20(15-35)34-24(36)13-31-26-22-12-19(27(28,29)30)7-10-23(22)32-16-33-26/h7,10,12,16-18,20-21H,3-6,8-9,11,13-15H2,1-2H3,(H,34,36)(H,31,32,33). The Morgan fingerprint density at radius 2 is 1.89 bits per heavy atom. The van der Waals surface area contributed by atoms with Gasteiger partial charge in [-0.3, -0.25) is 14.5 Å². The fourth-order valence-corrected chi connectivity index (χ4v) is 5.57. The summed E-state index contributed by atoms with van der Waals surface area (Å²) in [4.78, 5) is 34.6. The Bertz CT molecular complexity index is 1110. The van der Waals surface area contributed by atoms with Gasteiger partial charge in [0.25, 0.3) is 0 Å². The van der Waals surface area contributed by atoms with Crippen molar-refractivity contribution >= 4 is 28.6 Å². The molecule has 2 N–H and O–H groups in total. The highest BCUT2D eigenvalue weighted by Gasteiger charge is 2.36. The molecular formula is C27H36F3N5O3. The van der Waals surface area contributed by atoms with Gasteiger partial charge in [0.15, 0.2) is 0 Å². The number of anilines is 1. The predicted octanol–water partition coefficient (Wildman–Crippen LogP) is 4.40. The number of esters is 1. The molecule has 2 heterocycles. The zero-order valence-electron chi connectivity index (χ0n) is 21.9. The molecule has 2 aliphatic rings. The van der Waals surface area contributed by atoms with Crippen LogP contribution in [0.5, 0.6) is 0 Å². The number of rotatable bonds is 10. The molecule has 0 bridgehead atoms. The number of fused-ring (bicyclic) bond motifs is 1. The Hall–Kier alpha value is -2.95. The zero-order valence-corrected chi connectivity index (χ0v) is 21.9. The normalized spacial score (nSPS) is 21.5. The van der Waals surface area contributed by atoms with Crippen molar-refractivity contribution in [3.63, 3.8) is 0 Å². The summed E-state index contributed by atoms with van der Waals surface area (Å²) in [5.41, 5.74) is -0.421. The third kappa shape index (κ3) is 7.12. The van der Waals surface area contributed by atoms with Gasteiger partial charge < -0.3 is 15.4 Å². The second-order valence-electron chi connectivity index (χ2n) is 10.4. The number of nitrogens with zero attached hydrogens (tertiary/aromatic N) is 3. The minimum atomic E-state index is -4.48. The Kier molecular flexibility index (Phi) is 9.07. The monoisotopic (exact) mass is 535 g/mol. The molecule has 0 radical (unpaired) electrons. The van der Waals surface area contributed by atoms with Crippen molar-refractivity contribution in [1.82, 2.24) is 20.2 Å². The van der Waals surface area contributed by atoms with Gasteiger partial charge in [-0.2, -0.15) is 13.2 Å². The van der Waals surface area contributed by atoms with Crippen LogP contribution >= 0.6 is 0 Å². The lowest BCUT2D eigenvalue weighted by atomic mass is 9.76. The minimum Gasteiger partial charge on any atom is -0.466 e. The van der Waals surface area contributed by atoms with E-state index in [-0.39, 0.29) is 35.7 Å². The molecule has 8 nitrogen and oxygen atoms in total. The number of hydrogen-bond donors (Lipinski definition) is 2. The molecule has 4 rings (SSSR count). The number of aromatic nitrogens is 2. The van der Waals surface area contributed by atoms with Crippen molar-refractivity contribution in [3.8, 4) is 0 Å². The number of nitrogens with one attached hydrogen (secondary N) is 2. The summed E-state index contributed by atoms with van der Waals surface area (Å²) in [7, 11) is 0. The summed E-state index contributed by atoms with van der Waals surface area (Å²) in [6.45, 7) is 5.99. The number of amides is 1. The molecule has 0 spiro atoms. The average Bonchev–Trinajstić information content (AvgIpc) is 2.87. The molecule has 1 amide bonds. The molecule has 2 aromatic rings. The number of hydrogen-bond acceptors (Lipinski definition) is 7. The van der Waals surface area contributed by atoms with Gasteiger partial charge in [0.05, 0.1) is 30.3 Å². The first kappa shape index (κ1) is 28.1. The average molecular weight is 536 g/mol. The van der Waals surface area contributed by atoms with E-state index in [1.807, 2.05) is 6.92 Å². The molecule has 11 heteroatoms. The molecule has 1 aliphatic carbocycles. The van der Waals surface area contributed by atoms with Crippen LogP contribution in [0.25, 0.3) is 10.9 Å². The zero-order chi connectivity index (χ0) is 27.3. The molecule has 2 fully saturated rings. The molecule has 1 saturated heterocycles. The van der Waals surface area contributed by atoms with E-state index in [2.05, 4.69) is 32.4 Å². The number of carbonyl (C=O) groups excluding carboxylic acids is 2. The Morgan fingerprint density at radius 3 is 2.58 bits per heavy atom. The van der Waals surface area contributed by atoms with E-state index >= 15 is 0 Å². The predicted molar refractivity (Wildman–Crippen MR) is 137 cm³/mol. The lowest BCUT2D eigenvalue weighted by Gasteiger charge is -2.47. The van der Waals surface area contributed by atoms with Gasteiger partial charge in [0.2, 0.25) is 5.91 Å². The van der Waals surface area contributed by atoms with Crippen molar-refractivity contribution in [2.45, 2.75) is 70.6 Å². The molecule has 208 valence electrons. The Labute approximate surface area is 220 Å². The second kappa shape index (κ2) is 12.3. The first-order chi connectivity index (χ1) is 18.1.